The van der Waals surface area contributed by atoms with Crippen molar-refractivity contribution in [3.63, 3.8) is 0 Å². The Hall–Kier alpha value is -2.31. The molecule has 0 aliphatic carbocycles. The molecule has 0 bridgehead atoms. The number of halogens is 1. The molecule has 1 aliphatic rings. The molecule has 1 amide bonds. The summed E-state index contributed by atoms with van der Waals surface area (Å²) >= 11 is 6.28. The van der Waals surface area contributed by atoms with Crippen LogP contribution in [0.25, 0.3) is 0 Å². The highest BCUT2D eigenvalue weighted by atomic mass is 35.5. The molecule has 1 aromatic carbocycles. The van der Waals surface area contributed by atoms with Crippen molar-refractivity contribution in [3.05, 3.63) is 53.3 Å². The van der Waals surface area contributed by atoms with E-state index >= 15 is 0 Å². The van der Waals surface area contributed by atoms with Gasteiger partial charge in [0.15, 0.2) is 0 Å². The quantitative estimate of drug-likeness (QED) is 0.617. The number of aromatic nitrogens is 1. The van der Waals surface area contributed by atoms with Crippen LogP contribution in [0.2, 0.25) is 5.02 Å². The van der Waals surface area contributed by atoms with Crippen LogP contribution in [0.5, 0.6) is 5.75 Å². The van der Waals surface area contributed by atoms with Crippen molar-refractivity contribution in [2.45, 2.75) is 32.2 Å². The van der Waals surface area contributed by atoms with E-state index in [0.29, 0.717) is 42.7 Å². The second-order valence-electron chi connectivity index (χ2n) is 7.03. The summed E-state index contributed by atoms with van der Waals surface area (Å²) < 4.78 is 11.3. The van der Waals surface area contributed by atoms with E-state index in [1.54, 1.807) is 30.6 Å². The van der Waals surface area contributed by atoms with Crippen LogP contribution in [0.4, 0.5) is 5.69 Å². The van der Waals surface area contributed by atoms with Crippen molar-refractivity contribution in [1.82, 2.24) is 9.88 Å². The summed E-state index contributed by atoms with van der Waals surface area (Å²) in [5.74, 6) is 0.599. The Bertz CT molecular complexity index is 782. The van der Waals surface area contributed by atoms with Crippen LogP contribution >= 0.6 is 11.6 Å². The Kier molecular flexibility index (Phi) is 8.14. The molecule has 3 rings (SSSR count). The lowest BCUT2D eigenvalue weighted by Gasteiger charge is -2.34. The summed E-state index contributed by atoms with van der Waals surface area (Å²) in [5.41, 5.74) is 1.55. The molecule has 2 heterocycles. The maximum atomic E-state index is 13.2. The molecule has 1 fully saturated rings. The maximum absolute atomic E-state index is 13.2. The van der Waals surface area contributed by atoms with E-state index in [1.165, 1.54) is 0 Å². The van der Waals surface area contributed by atoms with E-state index in [4.69, 9.17) is 21.1 Å². The zero-order chi connectivity index (χ0) is 20.5. The first-order valence-electron chi connectivity index (χ1n) is 10.1. The van der Waals surface area contributed by atoms with Crippen LogP contribution in [-0.4, -0.2) is 54.7 Å². The second-order valence-corrected chi connectivity index (χ2v) is 7.47. The zero-order valence-corrected chi connectivity index (χ0v) is 17.5. The molecule has 1 N–H and O–H groups in total. The fraction of sp³-hybridized carbons (Fsp3) is 0.455. The van der Waals surface area contributed by atoms with E-state index < -0.39 is 0 Å². The van der Waals surface area contributed by atoms with Crippen LogP contribution in [0.3, 0.4) is 0 Å². The first-order chi connectivity index (χ1) is 14.2. The van der Waals surface area contributed by atoms with Crippen LogP contribution in [0.1, 0.15) is 36.5 Å². The van der Waals surface area contributed by atoms with Gasteiger partial charge in [0.05, 0.1) is 0 Å². The third-order valence-corrected chi connectivity index (χ3v) is 5.07. The van der Waals surface area contributed by atoms with Crippen molar-refractivity contribution in [2.24, 2.45) is 0 Å². The number of rotatable bonds is 9. The summed E-state index contributed by atoms with van der Waals surface area (Å²) in [6.45, 7) is 5.29. The van der Waals surface area contributed by atoms with Crippen molar-refractivity contribution in [1.29, 1.82) is 0 Å². The largest absolute Gasteiger partial charge is 0.492 e. The number of nitrogens with one attached hydrogen (secondary N) is 1. The molecule has 0 saturated carbocycles. The molecule has 0 atom stereocenters. The Balaban J connectivity index is 1.62. The minimum Gasteiger partial charge on any atom is -0.492 e. The van der Waals surface area contributed by atoms with E-state index in [2.05, 4.69) is 17.2 Å². The predicted molar refractivity (Wildman–Crippen MR) is 115 cm³/mol. The van der Waals surface area contributed by atoms with Gasteiger partial charge in [-0.1, -0.05) is 18.5 Å². The summed E-state index contributed by atoms with van der Waals surface area (Å²) in [6.07, 6.45) is 6.12. The molecule has 2 aromatic rings. The SMILES string of the molecule is CCCN(C(=O)c1cc(Cl)cc(OCCNc2ccncc2)c1)C1CCOCC1. The van der Waals surface area contributed by atoms with Gasteiger partial charge in [-0.3, -0.25) is 9.78 Å². The maximum Gasteiger partial charge on any atom is 0.254 e. The molecule has 0 spiro atoms. The molecule has 29 heavy (non-hydrogen) atoms. The Morgan fingerprint density at radius 1 is 1.28 bits per heavy atom. The summed E-state index contributed by atoms with van der Waals surface area (Å²) in [6, 6.07) is 9.24. The summed E-state index contributed by atoms with van der Waals surface area (Å²) in [4.78, 5) is 19.2. The number of ether oxygens (including phenoxy) is 2. The number of carbonyl (C=O) groups is 1. The van der Waals surface area contributed by atoms with E-state index in [0.717, 1.165) is 31.5 Å². The van der Waals surface area contributed by atoms with Crippen molar-refractivity contribution in [3.8, 4) is 5.75 Å². The van der Waals surface area contributed by atoms with Gasteiger partial charge in [0, 0.05) is 61.0 Å². The first-order valence-corrected chi connectivity index (χ1v) is 10.5. The molecule has 1 saturated heterocycles. The molecule has 1 aliphatic heterocycles. The highest BCUT2D eigenvalue weighted by molar-refractivity contribution is 6.31. The number of benzene rings is 1. The third-order valence-electron chi connectivity index (χ3n) is 4.86. The average molecular weight is 418 g/mol. The molecule has 1 aromatic heterocycles. The van der Waals surface area contributed by atoms with Gasteiger partial charge in [-0.2, -0.15) is 0 Å². The van der Waals surface area contributed by atoms with Gasteiger partial charge in [-0.05, 0) is 49.6 Å². The number of carbonyl (C=O) groups excluding carboxylic acids is 1. The molecular formula is C22H28ClN3O3. The summed E-state index contributed by atoms with van der Waals surface area (Å²) in [5, 5.41) is 3.76. The lowest BCUT2D eigenvalue weighted by molar-refractivity contribution is 0.0290. The lowest BCUT2D eigenvalue weighted by atomic mass is 10.0. The predicted octanol–water partition coefficient (Wildman–Crippen LogP) is 4.26. The molecule has 0 radical (unpaired) electrons. The number of amides is 1. The average Bonchev–Trinajstić information content (AvgIpc) is 2.75. The Morgan fingerprint density at radius 2 is 2.03 bits per heavy atom. The van der Waals surface area contributed by atoms with Crippen molar-refractivity contribution >= 4 is 23.2 Å². The molecular weight excluding hydrogens is 390 g/mol. The number of nitrogens with zero attached hydrogens (tertiary/aromatic N) is 2. The van der Waals surface area contributed by atoms with Crippen LogP contribution < -0.4 is 10.1 Å². The Labute approximate surface area is 177 Å². The monoisotopic (exact) mass is 417 g/mol. The van der Waals surface area contributed by atoms with Gasteiger partial charge < -0.3 is 19.7 Å². The van der Waals surface area contributed by atoms with Gasteiger partial charge in [0.25, 0.3) is 5.91 Å². The lowest BCUT2D eigenvalue weighted by Crippen LogP contribution is -2.43. The van der Waals surface area contributed by atoms with Crippen LogP contribution in [0, 0.1) is 0 Å². The van der Waals surface area contributed by atoms with E-state index in [1.807, 2.05) is 17.0 Å². The van der Waals surface area contributed by atoms with Crippen molar-refractivity contribution < 1.29 is 14.3 Å². The minimum atomic E-state index is 0.000936. The van der Waals surface area contributed by atoms with Gasteiger partial charge in [-0.15, -0.1) is 0 Å². The Morgan fingerprint density at radius 3 is 2.76 bits per heavy atom. The minimum absolute atomic E-state index is 0.000936. The fourth-order valence-electron chi connectivity index (χ4n) is 3.46. The standard InChI is InChI=1S/C22H28ClN3O3/c1-2-10-26(20-5-11-28-12-6-20)22(27)17-14-18(23)16-21(15-17)29-13-9-25-19-3-7-24-8-4-19/h3-4,7-8,14-16,20H,2,5-6,9-13H2,1H3,(H,24,25). The second kappa shape index (κ2) is 11.0. The number of hydrogen-bond donors (Lipinski definition) is 1. The zero-order valence-electron chi connectivity index (χ0n) is 16.8. The van der Waals surface area contributed by atoms with Gasteiger partial charge in [-0.25, -0.2) is 0 Å². The number of hydrogen-bond acceptors (Lipinski definition) is 5. The number of anilines is 1. The molecule has 6 nitrogen and oxygen atoms in total. The highest BCUT2D eigenvalue weighted by Crippen LogP contribution is 2.24. The summed E-state index contributed by atoms with van der Waals surface area (Å²) in [7, 11) is 0. The van der Waals surface area contributed by atoms with Gasteiger partial charge in [0.1, 0.15) is 12.4 Å². The number of pyridine rings is 1. The smallest absolute Gasteiger partial charge is 0.254 e. The van der Waals surface area contributed by atoms with Gasteiger partial charge in [0.2, 0.25) is 0 Å². The fourth-order valence-corrected chi connectivity index (χ4v) is 3.68. The molecule has 7 heteroatoms. The first kappa shape index (κ1) is 21.4. The van der Waals surface area contributed by atoms with Crippen LogP contribution in [-0.2, 0) is 4.74 Å². The van der Waals surface area contributed by atoms with Gasteiger partial charge >= 0.3 is 0 Å². The van der Waals surface area contributed by atoms with E-state index in [-0.39, 0.29) is 11.9 Å². The van der Waals surface area contributed by atoms with E-state index in [9.17, 15) is 4.79 Å². The highest BCUT2D eigenvalue weighted by Gasteiger charge is 2.26. The van der Waals surface area contributed by atoms with Crippen LogP contribution in [0.15, 0.2) is 42.7 Å². The normalized spacial score (nSPS) is 14.4. The molecule has 0 unspecified atom stereocenters. The topological polar surface area (TPSA) is 63.7 Å². The third kappa shape index (κ3) is 6.34. The molecule has 156 valence electrons. The van der Waals surface area contributed by atoms with Crippen molar-refractivity contribution in [2.75, 3.05) is 38.2 Å².